The van der Waals surface area contributed by atoms with E-state index in [9.17, 15) is 23.5 Å². The van der Waals surface area contributed by atoms with Crippen LogP contribution in [0.15, 0.2) is 24.5 Å². The molecular weight excluding hydrogens is 296 g/mol. The highest BCUT2D eigenvalue weighted by atomic mass is 19.3. The molecule has 120 valence electrons. The number of rotatable bonds is 4. The van der Waals surface area contributed by atoms with Gasteiger partial charge in [0.15, 0.2) is 0 Å². The Bertz CT molecular complexity index is 529. The number of nitrogens with one attached hydrogen (secondary N) is 1. The van der Waals surface area contributed by atoms with Crippen molar-refractivity contribution in [2.45, 2.75) is 31.2 Å². The van der Waals surface area contributed by atoms with Gasteiger partial charge < -0.3 is 15.3 Å². The summed E-state index contributed by atoms with van der Waals surface area (Å²) in [6.45, 7) is -0.166. The van der Waals surface area contributed by atoms with Gasteiger partial charge in [-0.2, -0.15) is 0 Å². The molecule has 1 fully saturated rings. The van der Waals surface area contributed by atoms with Crippen molar-refractivity contribution in [1.82, 2.24) is 15.2 Å². The summed E-state index contributed by atoms with van der Waals surface area (Å²) >= 11 is 0. The maximum atomic E-state index is 13.1. The fraction of sp³-hybridized carbons (Fsp3) is 0.500. The Morgan fingerprint density at radius 1 is 1.32 bits per heavy atom. The predicted octanol–water partition coefficient (Wildman–Crippen LogP) is 1.52. The van der Waals surface area contributed by atoms with Crippen LogP contribution in [0.3, 0.4) is 0 Å². The van der Waals surface area contributed by atoms with Crippen molar-refractivity contribution < 1.29 is 23.5 Å². The Balaban J connectivity index is 1.93. The van der Waals surface area contributed by atoms with E-state index in [0.29, 0.717) is 5.56 Å². The molecule has 6 nitrogen and oxygen atoms in total. The van der Waals surface area contributed by atoms with Gasteiger partial charge in [-0.3, -0.25) is 4.98 Å². The first-order chi connectivity index (χ1) is 10.4. The number of carbonyl (C=O) groups is 2. The second-order valence-electron chi connectivity index (χ2n) is 5.24. The molecule has 1 unspecified atom stereocenters. The number of hydrogen-bond donors (Lipinski definition) is 2. The third-order valence-electron chi connectivity index (χ3n) is 3.57. The van der Waals surface area contributed by atoms with Crippen LogP contribution in [-0.2, 0) is 11.2 Å². The van der Waals surface area contributed by atoms with Crippen molar-refractivity contribution in [3.8, 4) is 0 Å². The lowest BCUT2D eigenvalue weighted by atomic mass is 10.1. The number of carbonyl (C=O) groups excluding carboxylic acids is 1. The zero-order valence-corrected chi connectivity index (χ0v) is 11.8. The molecule has 0 radical (unpaired) electrons. The molecule has 1 aliphatic rings. The standard InChI is InChI=1S/C14H17F2N3O3/c15-14(16)3-7-19(8-4-14)13(22)18-11(12(20)21)9-10-1-5-17-6-2-10/h1-2,5-6,11H,3-4,7-9H2,(H,18,22)(H,20,21). The number of pyridine rings is 1. The van der Waals surface area contributed by atoms with Gasteiger partial charge in [0, 0.05) is 44.7 Å². The minimum absolute atomic E-state index is 0.0829. The highest BCUT2D eigenvalue weighted by molar-refractivity contribution is 5.82. The van der Waals surface area contributed by atoms with Crippen LogP contribution in [0.1, 0.15) is 18.4 Å². The monoisotopic (exact) mass is 313 g/mol. The number of urea groups is 1. The first-order valence-corrected chi connectivity index (χ1v) is 6.92. The molecule has 0 aliphatic carbocycles. The smallest absolute Gasteiger partial charge is 0.326 e. The molecular formula is C14H17F2N3O3. The number of likely N-dealkylation sites (tertiary alicyclic amines) is 1. The SMILES string of the molecule is O=C(O)C(Cc1ccncc1)NC(=O)N1CCC(F)(F)CC1. The van der Waals surface area contributed by atoms with E-state index in [2.05, 4.69) is 10.3 Å². The van der Waals surface area contributed by atoms with E-state index in [1.165, 1.54) is 17.3 Å². The van der Waals surface area contributed by atoms with E-state index in [0.717, 1.165) is 0 Å². The van der Waals surface area contributed by atoms with Gasteiger partial charge in [0.25, 0.3) is 5.92 Å². The van der Waals surface area contributed by atoms with Crippen molar-refractivity contribution in [2.75, 3.05) is 13.1 Å². The van der Waals surface area contributed by atoms with Gasteiger partial charge in [-0.05, 0) is 17.7 Å². The normalized spacial score (nSPS) is 18.5. The van der Waals surface area contributed by atoms with E-state index in [1.807, 2.05) is 0 Å². The van der Waals surface area contributed by atoms with Gasteiger partial charge >= 0.3 is 12.0 Å². The Labute approximate surface area is 126 Å². The molecule has 0 aromatic carbocycles. The number of aromatic nitrogens is 1. The van der Waals surface area contributed by atoms with E-state index in [4.69, 9.17) is 0 Å². The van der Waals surface area contributed by atoms with Crippen molar-refractivity contribution in [3.63, 3.8) is 0 Å². The van der Waals surface area contributed by atoms with E-state index in [1.54, 1.807) is 12.1 Å². The molecule has 1 aromatic rings. The summed E-state index contributed by atoms with van der Waals surface area (Å²) in [4.78, 5) is 28.3. The van der Waals surface area contributed by atoms with E-state index < -0.39 is 36.8 Å². The van der Waals surface area contributed by atoms with Crippen LogP contribution >= 0.6 is 0 Å². The Morgan fingerprint density at radius 2 is 1.91 bits per heavy atom. The van der Waals surface area contributed by atoms with Crippen LogP contribution in [0, 0.1) is 0 Å². The summed E-state index contributed by atoms with van der Waals surface area (Å²) in [5.74, 6) is -3.92. The van der Waals surface area contributed by atoms with Crippen molar-refractivity contribution in [1.29, 1.82) is 0 Å². The molecule has 1 atom stereocenters. The van der Waals surface area contributed by atoms with Crippen LogP contribution in [0.4, 0.5) is 13.6 Å². The third-order valence-corrected chi connectivity index (χ3v) is 3.57. The van der Waals surface area contributed by atoms with Gasteiger partial charge in [-0.1, -0.05) is 0 Å². The number of hydrogen-bond acceptors (Lipinski definition) is 3. The van der Waals surface area contributed by atoms with Gasteiger partial charge in [-0.15, -0.1) is 0 Å². The molecule has 1 saturated heterocycles. The van der Waals surface area contributed by atoms with Crippen LogP contribution < -0.4 is 5.32 Å². The summed E-state index contributed by atoms with van der Waals surface area (Å²) in [6.07, 6.45) is 2.37. The van der Waals surface area contributed by atoms with Crippen LogP contribution in [0.25, 0.3) is 0 Å². The number of nitrogens with zero attached hydrogens (tertiary/aromatic N) is 2. The van der Waals surface area contributed by atoms with Crippen molar-refractivity contribution in [2.24, 2.45) is 0 Å². The van der Waals surface area contributed by atoms with Crippen LogP contribution in [-0.4, -0.2) is 52.0 Å². The fourth-order valence-corrected chi connectivity index (χ4v) is 2.23. The lowest BCUT2D eigenvalue weighted by molar-refractivity contribution is -0.139. The number of carboxylic acids is 1. The molecule has 8 heteroatoms. The topological polar surface area (TPSA) is 82.5 Å². The number of amides is 2. The summed E-state index contributed by atoms with van der Waals surface area (Å²) in [5.41, 5.74) is 0.716. The second kappa shape index (κ2) is 6.67. The average Bonchev–Trinajstić information content (AvgIpc) is 2.47. The number of aliphatic carboxylic acids is 1. The molecule has 2 N–H and O–H groups in total. The summed E-state index contributed by atoms with van der Waals surface area (Å²) in [7, 11) is 0. The molecule has 22 heavy (non-hydrogen) atoms. The molecule has 2 heterocycles. The summed E-state index contributed by atoms with van der Waals surface area (Å²) < 4.78 is 26.1. The van der Waals surface area contributed by atoms with Gasteiger partial charge in [0.1, 0.15) is 6.04 Å². The van der Waals surface area contributed by atoms with Gasteiger partial charge in [0.05, 0.1) is 0 Å². The first-order valence-electron chi connectivity index (χ1n) is 6.92. The lowest BCUT2D eigenvalue weighted by Gasteiger charge is -2.32. The zero-order chi connectivity index (χ0) is 16.2. The largest absolute Gasteiger partial charge is 0.480 e. The Morgan fingerprint density at radius 3 is 2.45 bits per heavy atom. The molecule has 0 saturated carbocycles. The minimum atomic E-state index is -2.75. The lowest BCUT2D eigenvalue weighted by Crippen LogP contribution is -2.52. The molecule has 1 aromatic heterocycles. The molecule has 0 bridgehead atoms. The summed E-state index contributed by atoms with van der Waals surface area (Å²) in [6, 6.07) is 1.57. The van der Waals surface area contributed by atoms with Crippen LogP contribution in [0.2, 0.25) is 0 Å². The highest BCUT2D eigenvalue weighted by Crippen LogP contribution is 2.27. The number of carboxylic acid groups (broad SMARTS) is 1. The number of alkyl halides is 2. The molecule has 2 rings (SSSR count). The quantitative estimate of drug-likeness (QED) is 0.883. The molecule has 0 spiro atoms. The third kappa shape index (κ3) is 4.37. The highest BCUT2D eigenvalue weighted by Gasteiger charge is 2.36. The maximum Gasteiger partial charge on any atom is 0.326 e. The maximum absolute atomic E-state index is 13.1. The second-order valence-corrected chi connectivity index (χ2v) is 5.24. The van der Waals surface area contributed by atoms with E-state index in [-0.39, 0.29) is 19.5 Å². The van der Waals surface area contributed by atoms with Gasteiger partial charge in [-0.25, -0.2) is 18.4 Å². The molecule has 1 aliphatic heterocycles. The Kier molecular flexibility index (Phi) is 4.89. The molecule has 2 amide bonds. The zero-order valence-electron chi connectivity index (χ0n) is 11.8. The summed E-state index contributed by atoms with van der Waals surface area (Å²) in [5, 5.41) is 11.6. The van der Waals surface area contributed by atoms with Gasteiger partial charge in [0.2, 0.25) is 0 Å². The number of piperidine rings is 1. The Hall–Kier alpha value is -2.25. The fourth-order valence-electron chi connectivity index (χ4n) is 2.23. The average molecular weight is 313 g/mol. The minimum Gasteiger partial charge on any atom is -0.480 e. The van der Waals surface area contributed by atoms with E-state index >= 15 is 0 Å². The van der Waals surface area contributed by atoms with Crippen LogP contribution in [0.5, 0.6) is 0 Å². The first kappa shape index (κ1) is 16.1. The number of halogens is 2. The predicted molar refractivity (Wildman–Crippen MR) is 73.7 cm³/mol. The van der Waals surface area contributed by atoms with Crippen molar-refractivity contribution >= 4 is 12.0 Å². The van der Waals surface area contributed by atoms with Crippen molar-refractivity contribution in [3.05, 3.63) is 30.1 Å².